The van der Waals surface area contributed by atoms with Crippen LogP contribution in [0.2, 0.25) is 0 Å². The van der Waals surface area contributed by atoms with Crippen molar-refractivity contribution in [1.82, 2.24) is 4.90 Å². The van der Waals surface area contributed by atoms with Gasteiger partial charge in [0.2, 0.25) is 5.91 Å². The molecular weight excluding hydrogens is 370 g/mol. The van der Waals surface area contributed by atoms with Gasteiger partial charge in [-0.3, -0.25) is 4.79 Å². The van der Waals surface area contributed by atoms with Gasteiger partial charge < -0.3 is 9.69 Å². The number of carbonyl (C=O) groups is 2. The second kappa shape index (κ2) is 9.59. The number of benzene rings is 2. The molecule has 30 heavy (non-hydrogen) atoms. The standard InChI is InChI=1S/C27H35NO2/c1-20(2)23-12-10-21(11-13-23)16-26(30)28-14-6-9-25(18-28)24-8-5-7-22(15-24)17-27(3,4)19-29/h5,7-8,10-13,15,19-20,25H,6,9,14,16-18H2,1-4H3. The van der Waals surface area contributed by atoms with Crippen molar-refractivity contribution in [3.05, 3.63) is 70.8 Å². The van der Waals surface area contributed by atoms with E-state index in [1.165, 1.54) is 16.7 Å². The summed E-state index contributed by atoms with van der Waals surface area (Å²) in [7, 11) is 0. The number of hydrogen-bond donors (Lipinski definition) is 0. The molecule has 0 bridgehead atoms. The van der Waals surface area contributed by atoms with Crippen molar-refractivity contribution in [1.29, 1.82) is 0 Å². The smallest absolute Gasteiger partial charge is 0.227 e. The van der Waals surface area contributed by atoms with Crippen molar-refractivity contribution in [3.8, 4) is 0 Å². The van der Waals surface area contributed by atoms with E-state index in [4.69, 9.17) is 0 Å². The molecule has 1 unspecified atom stereocenters. The summed E-state index contributed by atoms with van der Waals surface area (Å²) in [6.07, 6.45) is 4.39. The Bertz CT molecular complexity index is 867. The van der Waals surface area contributed by atoms with E-state index in [1.807, 2.05) is 18.7 Å². The molecule has 3 heteroatoms. The molecule has 2 aromatic carbocycles. The summed E-state index contributed by atoms with van der Waals surface area (Å²) in [4.78, 5) is 26.3. The number of carbonyl (C=O) groups excluding carboxylic acids is 2. The third-order valence-corrected chi connectivity index (χ3v) is 6.18. The van der Waals surface area contributed by atoms with Crippen molar-refractivity contribution < 1.29 is 9.59 Å². The van der Waals surface area contributed by atoms with E-state index >= 15 is 0 Å². The second-order valence-electron chi connectivity index (χ2n) is 9.78. The predicted octanol–water partition coefficient (Wildman–Crippen LogP) is 5.53. The molecule has 3 rings (SSSR count). The topological polar surface area (TPSA) is 37.4 Å². The van der Waals surface area contributed by atoms with Crippen LogP contribution in [0, 0.1) is 5.41 Å². The molecule has 1 heterocycles. The van der Waals surface area contributed by atoms with Gasteiger partial charge in [-0.1, -0.05) is 76.2 Å². The van der Waals surface area contributed by atoms with Gasteiger partial charge in [0.1, 0.15) is 6.29 Å². The molecule has 1 aliphatic heterocycles. The Kier molecular flexibility index (Phi) is 7.12. The van der Waals surface area contributed by atoms with E-state index < -0.39 is 0 Å². The maximum absolute atomic E-state index is 12.9. The summed E-state index contributed by atoms with van der Waals surface area (Å²) in [5.74, 6) is 1.09. The van der Waals surface area contributed by atoms with Gasteiger partial charge in [-0.05, 0) is 47.4 Å². The van der Waals surface area contributed by atoms with Crippen LogP contribution in [0.15, 0.2) is 48.5 Å². The van der Waals surface area contributed by atoms with Gasteiger partial charge in [-0.25, -0.2) is 0 Å². The third-order valence-electron chi connectivity index (χ3n) is 6.18. The minimum absolute atomic E-state index is 0.218. The van der Waals surface area contributed by atoms with Gasteiger partial charge >= 0.3 is 0 Å². The molecule has 1 fully saturated rings. The lowest BCUT2D eigenvalue weighted by molar-refractivity contribution is -0.131. The highest BCUT2D eigenvalue weighted by atomic mass is 16.2. The molecule has 160 valence electrons. The van der Waals surface area contributed by atoms with E-state index in [2.05, 4.69) is 62.4 Å². The minimum Gasteiger partial charge on any atom is -0.342 e. The number of rotatable bonds is 7. The fourth-order valence-electron chi connectivity index (χ4n) is 4.31. The van der Waals surface area contributed by atoms with Gasteiger partial charge in [0, 0.05) is 24.4 Å². The molecule has 0 N–H and O–H groups in total. The maximum atomic E-state index is 12.9. The molecule has 1 saturated heterocycles. The Morgan fingerprint density at radius 1 is 1.13 bits per heavy atom. The summed E-state index contributed by atoms with van der Waals surface area (Å²) in [6, 6.07) is 17.0. The predicted molar refractivity (Wildman–Crippen MR) is 123 cm³/mol. The van der Waals surface area contributed by atoms with Crippen LogP contribution in [-0.2, 0) is 22.4 Å². The van der Waals surface area contributed by atoms with Gasteiger partial charge in [0.05, 0.1) is 6.42 Å². The summed E-state index contributed by atoms with van der Waals surface area (Å²) in [6.45, 7) is 9.94. The van der Waals surface area contributed by atoms with Gasteiger partial charge in [-0.2, -0.15) is 0 Å². The molecule has 0 saturated carbocycles. The number of aldehydes is 1. The zero-order valence-corrected chi connectivity index (χ0v) is 18.9. The first-order chi connectivity index (χ1) is 14.3. The summed E-state index contributed by atoms with van der Waals surface area (Å²) < 4.78 is 0. The van der Waals surface area contributed by atoms with Crippen molar-refractivity contribution in [3.63, 3.8) is 0 Å². The van der Waals surface area contributed by atoms with Gasteiger partial charge in [0.25, 0.3) is 0 Å². The zero-order valence-electron chi connectivity index (χ0n) is 18.9. The lowest BCUT2D eigenvalue weighted by atomic mass is 9.84. The largest absolute Gasteiger partial charge is 0.342 e. The molecule has 0 aliphatic carbocycles. The molecule has 2 aromatic rings. The van der Waals surface area contributed by atoms with Crippen LogP contribution in [0.4, 0.5) is 0 Å². The van der Waals surface area contributed by atoms with Crippen molar-refractivity contribution in [2.45, 2.75) is 65.2 Å². The van der Waals surface area contributed by atoms with Crippen molar-refractivity contribution in [2.24, 2.45) is 5.41 Å². The normalized spacial score (nSPS) is 17.2. The molecule has 0 aromatic heterocycles. The number of nitrogens with zero attached hydrogens (tertiary/aromatic N) is 1. The van der Waals surface area contributed by atoms with Gasteiger partial charge in [-0.15, -0.1) is 0 Å². The van der Waals surface area contributed by atoms with Crippen molar-refractivity contribution in [2.75, 3.05) is 13.1 Å². The molecule has 1 amide bonds. The zero-order chi connectivity index (χ0) is 21.7. The first-order valence-electron chi connectivity index (χ1n) is 11.2. The number of likely N-dealkylation sites (tertiary alicyclic amines) is 1. The van der Waals surface area contributed by atoms with Crippen molar-refractivity contribution >= 4 is 12.2 Å². The Hall–Kier alpha value is -2.42. The number of hydrogen-bond acceptors (Lipinski definition) is 2. The average Bonchev–Trinajstić information content (AvgIpc) is 2.74. The Labute approximate surface area is 181 Å². The highest BCUT2D eigenvalue weighted by Crippen LogP contribution is 2.29. The lowest BCUT2D eigenvalue weighted by Gasteiger charge is -2.33. The minimum atomic E-state index is -0.349. The Morgan fingerprint density at radius 3 is 2.53 bits per heavy atom. The molecule has 3 nitrogen and oxygen atoms in total. The van der Waals surface area contributed by atoms with Crippen LogP contribution in [-0.4, -0.2) is 30.2 Å². The van der Waals surface area contributed by atoms with Crippen LogP contribution >= 0.6 is 0 Å². The number of amides is 1. The molecule has 1 atom stereocenters. The second-order valence-corrected chi connectivity index (χ2v) is 9.78. The monoisotopic (exact) mass is 405 g/mol. The maximum Gasteiger partial charge on any atom is 0.227 e. The third kappa shape index (κ3) is 5.81. The Morgan fingerprint density at radius 2 is 1.87 bits per heavy atom. The van der Waals surface area contributed by atoms with Crippen LogP contribution in [0.25, 0.3) is 0 Å². The highest BCUT2D eigenvalue weighted by Gasteiger charge is 2.25. The average molecular weight is 406 g/mol. The van der Waals surface area contributed by atoms with Crippen LogP contribution in [0.5, 0.6) is 0 Å². The summed E-state index contributed by atoms with van der Waals surface area (Å²) in [5.41, 5.74) is 4.52. The fraction of sp³-hybridized carbons (Fsp3) is 0.481. The molecular formula is C27H35NO2. The Balaban J connectivity index is 1.65. The van der Waals surface area contributed by atoms with E-state index in [1.54, 1.807) is 0 Å². The first kappa shape index (κ1) is 22.3. The van der Waals surface area contributed by atoms with E-state index in [0.717, 1.165) is 44.2 Å². The lowest BCUT2D eigenvalue weighted by Crippen LogP contribution is -2.40. The van der Waals surface area contributed by atoms with Gasteiger partial charge in [0.15, 0.2) is 0 Å². The van der Waals surface area contributed by atoms with E-state index in [9.17, 15) is 9.59 Å². The molecule has 0 spiro atoms. The number of piperidine rings is 1. The van der Waals surface area contributed by atoms with Crippen LogP contribution in [0.1, 0.15) is 74.6 Å². The van der Waals surface area contributed by atoms with Crippen LogP contribution < -0.4 is 0 Å². The van der Waals surface area contributed by atoms with Crippen LogP contribution in [0.3, 0.4) is 0 Å². The molecule has 1 aliphatic rings. The first-order valence-corrected chi connectivity index (χ1v) is 11.2. The molecule has 0 radical (unpaired) electrons. The highest BCUT2D eigenvalue weighted by molar-refractivity contribution is 5.79. The fourth-order valence-corrected chi connectivity index (χ4v) is 4.31. The SMILES string of the molecule is CC(C)c1ccc(CC(=O)N2CCCC(c3cccc(CC(C)(C)C=O)c3)C2)cc1. The summed E-state index contributed by atoms with van der Waals surface area (Å²) in [5, 5.41) is 0. The van der Waals surface area contributed by atoms with E-state index in [-0.39, 0.29) is 11.3 Å². The summed E-state index contributed by atoms with van der Waals surface area (Å²) >= 11 is 0. The van der Waals surface area contributed by atoms with E-state index in [0.29, 0.717) is 18.3 Å². The quantitative estimate of drug-likeness (QED) is 0.568.